The number of aryl methyl sites for hydroxylation is 1. The second-order valence-electron chi connectivity index (χ2n) is 9.38. The Morgan fingerprint density at radius 3 is 2.46 bits per heavy atom. The van der Waals surface area contributed by atoms with Crippen LogP contribution in [0.3, 0.4) is 0 Å². The molecule has 8 heteroatoms. The van der Waals surface area contributed by atoms with Crippen LogP contribution in [0.25, 0.3) is 10.8 Å². The molecule has 0 amide bonds. The van der Waals surface area contributed by atoms with E-state index in [9.17, 15) is 30.0 Å². The van der Waals surface area contributed by atoms with Crippen molar-refractivity contribution in [3.63, 3.8) is 0 Å². The van der Waals surface area contributed by atoms with Gasteiger partial charge in [-0.1, -0.05) is 18.2 Å². The number of carbonyl (C=O) groups excluding carboxylic acids is 2. The number of phenols is 3. The molecule has 0 spiro atoms. The highest BCUT2D eigenvalue weighted by Gasteiger charge is 2.42. The van der Waals surface area contributed by atoms with Crippen LogP contribution in [0.4, 0.5) is 0 Å². The number of hydrogen-bond donors (Lipinski definition) is 5. The fourth-order valence-electron chi connectivity index (χ4n) is 5.69. The zero-order valence-corrected chi connectivity index (χ0v) is 19.6. The van der Waals surface area contributed by atoms with Crippen molar-refractivity contribution >= 4 is 22.3 Å². The highest BCUT2D eigenvalue weighted by Crippen LogP contribution is 2.50. The second kappa shape index (κ2) is 8.34. The molecule has 5 N–H and O–H groups in total. The van der Waals surface area contributed by atoms with Gasteiger partial charge in [-0.15, -0.1) is 0 Å². The Morgan fingerprint density at radius 1 is 1.03 bits per heavy atom. The molecule has 182 valence electrons. The van der Waals surface area contributed by atoms with Crippen LogP contribution in [0.2, 0.25) is 0 Å². The van der Waals surface area contributed by atoms with Gasteiger partial charge in [-0.2, -0.15) is 0 Å². The maximum Gasteiger partial charge on any atom is 0.202 e. The van der Waals surface area contributed by atoms with Gasteiger partial charge in [0, 0.05) is 40.6 Å². The van der Waals surface area contributed by atoms with Gasteiger partial charge in [-0.25, -0.2) is 0 Å². The largest absolute Gasteiger partial charge is 0.507 e. The monoisotopic (exact) mass is 477 g/mol. The number of benzene rings is 3. The molecular weight excluding hydrogens is 450 g/mol. The van der Waals surface area contributed by atoms with E-state index in [0.717, 1.165) is 0 Å². The minimum atomic E-state index is -0.699. The molecule has 5 rings (SSSR count). The van der Waals surface area contributed by atoms with Gasteiger partial charge in [-0.05, 0) is 50.4 Å². The number of ketones is 2. The maximum atomic E-state index is 13.6. The molecule has 4 unspecified atom stereocenters. The Bertz CT molecular complexity index is 1400. The number of carbonyl (C=O) groups is 2. The van der Waals surface area contributed by atoms with Crippen molar-refractivity contribution in [2.24, 2.45) is 5.92 Å². The number of rotatable bonds is 3. The summed E-state index contributed by atoms with van der Waals surface area (Å²) in [5.41, 5.74) is 0.478. The average molecular weight is 478 g/mol. The van der Waals surface area contributed by atoms with Crippen LogP contribution in [0.5, 0.6) is 17.2 Å². The number of aliphatic hydroxyl groups is 1. The summed E-state index contributed by atoms with van der Waals surface area (Å²) in [5.74, 6) is -2.39. The van der Waals surface area contributed by atoms with Crippen LogP contribution in [0, 0.1) is 12.8 Å². The van der Waals surface area contributed by atoms with Crippen LogP contribution in [0.1, 0.15) is 62.4 Å². The van der Waals surface area contributed by atoms with Crippen molar-refractivity contribution in [2.45, 2.75) is 38.5 Å². The Balaban J connectivity index is 1.84. The van der Waals surface area contributed by atoms with E-state index in [1.165, 1.54) is 24.3 Å². The number of phenolic OH excluding ortho intramolecular Hbond substituents is 3. The van der Waals surface area contributed by atoms with E-state index in [-0.39, 0.29) is 63.8 Å². The third-order valence-electron chi connectivity index (χ3n) is 7.38. The molecule has 0 saturated carbocycles. The van der Waals surface area contributed by atoms with Gasteiger partial charge < -0.3 is 30.5 Å². The number of fused-ring (bicyclic) bond motifs is 4. The van der Waals surface area contributed by atoms with Gasteiger partial charge in [0.15, 0.2) is 5.78 Å². The fourth-order valence-corrected chi connectivity index (χ4v) is 5.69. The lowest BCUT2D eigenvalue weighted by Gasteiger charge is -2.41. The van der Waals surface area contributed by atoms with Crippen LogP contribution in [-0.4, -0.2) is 57.8 Å². The Hall–Kier alpha value is -3.46. The highest BCUT2D eigenvalue weighted by atomic mass is 16.5. The quantitative estimate of drug-likeness (QED) is 0.304. The standard InChI is InChI=1S/C27H27NO7/c1-11-7-14-20(18(31)8-11)23-24(26(33)21-13(25(23)32)5-4-6-17(21)30)27(34)22(14)19-9-16(28-3)15(10-29)12(2)35-19/h4-8,12,15-16,19,28-31,34H,9-10H2,1-3H3. The molecule has 1 aliphatic heterocycles. The lowest BCUT2D eigenvalue weighted by atomic mass is 9.77. The van der Waals surface area contributed by atoms with Crippen LogP contribution >= 0.6 is 0 Å². The van der Waals surface area contributed by atoms with Crippen LogP contribution < -0.4 is 5.32 Å². The molecule has 3 aromatic carbocycles. The molecule has 0 bridgehead atoms. The summed E-state index contributed by atoms with van der Waals surface area (Å²) in [7, 11) is 1.78. The normalized spacial score (nSPS) is 23.9. The summed E-state index contributed by atoms with van der Waals surface area (Å²) >= 11 is 0. The molecule has 0 aromatic heterocycles. The van der Waals surface area contributed by atoms with Crippen molar-refractivity contribution in [1.29, 1.82) is 0 Å². The van der Waals surface area contributed by atoms with Gasteiger partial charge in [0.1, 0.15) is 17.2 Å². The average Bonchev–Trinajstić information content (AvgIpc) is 2.81. The maximum absolute atomic E-state index is 13.6. The van der Waals surface area contributed by atoms with Crippen molar-refractivity contribution in [2.75, 3.05) is 13.7 Å². The van der Waals surface area contributed by atoms with Gasteiger partial charge >= 0.3 is 0 Å². The Kier molecular flexibility index (Phi) is 5.55. The van der Waals surface area contributed by atoms with E-state index in [2.05, 4.69) is 5.32 Å². The molecule has 1 fully saturated rings. The molecule has 1 aliphatic carbocycles. The number of aromatic hydroxyl groups is 3. The van der Waals surface area contributed by atoms with Gasteiger partial charge in [0.25, 0.3) is 0 Å². The molecule has 0 radical (unpaired) electrons. The van der Waals surface area contributed by atoms with Gasteiger partial charge in [0.05, 0.1) is 23.3 Å². The minimum absolute atomic E-state index is 0.0134. The fraction of sp³-hybridized carbons (Fsp3) is 0.333. The third kappa shape index (κ3) is 3.32. The third-order valence-corrected chi connectivity index (χ3v) is 7.38. The van der Waals surface area contributed by atoms with Gasteiger partial charge in [-0.3, -0.25) is 9.59 Å². The van der Waals surface area contributed by atoms with Crippen molar-refractivity contribution in [1.82, 2.24) is 5.32 Å². The van der Waals surface area contributed by atoms with E-state index in [1.807, 2.05) is 6.92 Å². The number of aliphatic hydroxyl groups excluding tert-OH is 1. The predicted octanol–water partition coefficient (Wildman–Crippen LogP) is 3.09. The molecular formula is C27H27NO7. The first-order valence-corrected chi connectivity index (χ1v) is 11.6. The summed E-state index contributed by atoms with van der Waals surface area (Å²) in [4.78, 5) is 27.2. The van der Waals surface area contributed by atoms with Crippen molar-refractivity contribution in [3.05, 3.63) is 63.7 Å². The summed E-state index contributed by atoms with van der Waals surface area (Å²) in [6.45, 7) is 3.53. The van der Waals surface area contributed by atoms with E-state index in [0.29, 0.717) is 22.9 Å². The second-order valence-corrected chi connectivity index (χ2v) is 9.38. The smallest absolute Gasteiger partial charge is 0.202 e. The predicted molar refractivity (Wildman–Crippen MR) is 128 cm³/mol. The van der Waals surface area contributed by atoms with E-state index < -0.39 is 23.4 Å². The van der Waals surface area contributed by atoms with Crippen molar-refractivity contribution in [3.8, 4) is 17.2 Å². The number of hydrogen-bond acceptors (Lipinski definition) is 8. The lowest BCUT2D eigenvalue weighted by molar-refractivity contribution is -0.101. The number of ether oxygens (including phenoxy) is 1. The van der Waals surface area contributed by atoms with Crippen LogP contribution in [-0.2, 0) is 4.74 Å². The first kappa shape index (κ1) is 23.3. The molecule has 8 nitrogen and oxygen atoms in total. The van der Waals surface area contributed by atoms with E-state index in [4.69, 9.17) is 4.74 Å². The Morgan fingerprint density at radius 2 is 1.77 bits per heavy atom. The highest BCUT2D eigenvalue weighted by molar-refractivity contribution is 6.34. The van der Waals surface area contributed by atoms with Gasteiger partial charge in [0.2, 0.25) is 5.78 Å². The van der Waals surface area contributed by atoms with E-state index >= 15 is 0 Å². The summed E-state index contributed by atoms with van der Waals surface area (Å²) < 4.78 is 6.24. The minimum Gasteiger partial charge on any atom is -0.507 e. The Labute approximate surface area is 201 Å². The SMILES string of the molecule is CNC1CC(c2c(O)c3c(c4c(O)cc(C)cc24)C(=O)c2cccc(O)c2C3=O)OC(C)C1CO. The topological polar surface area (TPSA) is 136 Å². The molecule has 2 aliphatic rings. The summed E-state index contributed by atoms with van der Waals surface area (Å²) in [5, 5.41) is 46.5. The molecule has 3 aromatic rings. The summed E-state index contributed by atoms with van der Waals surface area (Å²) in [6.07, 6.45) is -0.679. The molecule has 4 atom stereocenters. The van der Waals surface area contributed by atoms with Crippen molar-refractivity contribution < 1.29 is 34.8 Å². The zero-order chi connectivity index (χ0) is 25.2. The first-order chi connectivity index (χ1) is 16.7. The zero-order valence-electron chi connectivity index (χ0n) is 19.6. The molecule has 35 heavy (non-hydrogen) atoms. The van der Waals surface area contributed by atoms with Crippen LogP contribution in [0.15, 0.2) is 30.3 Å². The first-order valence-electron chi connectivity index (χ1n) is 11.6. The molecule has 1 heterocycles. The van der Waals surface area contributed by atoms with E-state index in [1.54, 1.807) is 20.0 Å². The number of nitrogens with one attached hydrogen (secondary N) is 1. The summed E-state index contributed by atoms with van der Waals surface area (Å²) in [6, 6.07) is 7.34. The molecule has 1 saturated heterocycles. The lowest BCUT2D eigenvalue weighted by Crippen LogP contribution is -2.47.